The highest BCUT2D eigenvalue weighted by molar-refractivity contribution is 14.1. The number of ether oxygens (including phenoxy) is 1. The molecule has 4 rings (SSSR count). The molecule has 3 heterocycles. The predicted octanol–water partition coefficient (Wildman–Crippen LogP) is 5.49. The Balaban J connectivity index is 1.61. The smallest absolute Gasteiger partial charge is 0.192 e. The van der Waals surface area contributed by atoms with Crippen LogP contribution in [0, 0.1) is 17.4 Å². The van der Waals surface area contributed by atoms with Gasteiger partial charge in [-0.3, -0.25) is 0 Å². The number of hydrogen-bond donors (Lipinski definition) is 1. The SMILES string of the molecule is Cc1cccc(Cc2c(CNCCO[Si](C)(C)C(C)(C)C)nc3c(I)cc(N4CCOCC4)nn23)c1C. The van der Waals surface area contributed by atoms with Gasteiger partial charge in [0.1, 0.15) is 0 Å². The van der Waals surface area contributed by atoms with Crippen molar-refractivity contribution in [1.29, 1.82) is 0 Å². The number of imidazole rings is 1. The van der Waals surface area contributed by atoms with Crippen LogP contribution < -0.4 is 10.2 Å². The van der Waals surface area contributed by atoms with Gasteiger partial charge in [-0.1, -0.05) is 39.0 Å². The molecule has 7 nitrogen and oxygen atoms in total. The Morgan fingerprint density at radius 3 is 2.59 bits per heavy atom. The first kappa shape index (κ1) is 28.5. The lowest BCUT2D eigenvalue weighted by molar-refractivity contribution is 0.122. The number of rotatable bonds is 9. The van der Waals surface area contributed by atoms with Crippen molar-refractivity contribution < 1.29 is 9.16 Å². The van der Waals surface area contributed by atoms with Crippen LogP contribution in [0.1, 0.15) is 48.8 Å². The van der Waals surface area contributed by atoms with Crippen molar-refractivity contribution in [3.63, 3.8) is 0 Å². The van der Waals surface area contributed by atoms with Crippen molar-refractivity contribution in [3.8, 4) is 0 Å². The number of fused-ring (bicyclic) bond motifs is 1. The summed E-state index contributed by atoms with van der Waals surface area (Å²) in [5.41, 5.74) is 7.08. The molecular formula is C28H42IN5O2Si. The fourth-order valence-corrected chi connectivity index (χ4v) is 5.99. The molecule has 1 aliphatic heterocycles. The molecule has 3 aromatic rings. The molecule has 1 N–H and O–H groups in total. The number of aryl methyl sites for hydroxylation is 1. The van der Waals surface area contributed by atoms with E-state index in [2.05, 4.69) is 109 Å². The summed E-state index contributed by atoms with van der Waals surface area (Å²) in [7, 11) is -1.75. The quantitative estimate of drug-likeness (QED) is 0.191. The average Bonchev–Trinajstić information content (AvgIpc) is 3.19. The minimum atomic E-state index is -1.75. The van der Waals surface area contributed by atoms with Crippen LogP contribution in [-0.2, 0) is 22.1 Å². The minimum absolute atomic E-state index is 0.216. The van der Waals surface area contributed by atoms with Crippen molar-refractivity contribution in [3.05, 3.63) is 55.9 Å². The summed E-state index contributed by atoms with van der Waals surface area (Å²) in [6, 6.07) is 8.70. The topological polar surface area (TPSA) is 63.9 Å². The van der Waals surface area contributed by atoms with Gasteiger partial charge >= 0.3 is 0 Å². The Morgan fingerprint density at radius 1 is 1.16 bits per heavy atom. The molecule has 0 unspecified atom stereocenters. The number of aromatic nitrogens is 3. The highest BCUT2D eigenvalue weighted by Crippen LogP contribution is 2.36. The lowest BCUT2D eigenvalue weighted by atomic mass is 9.99. The van der Waals surface area contributed by atoms with E-state index in [9.17, 15) is 0 Å². The van der Waals surface area contributed by atoms with E-state index in [1.54, 1.807) is 0 Å². The van der Waals surface area contributed by atoms with Crippen molar-refractivity contribution >= 4 is 42.4 Å². The number of morpholine rings is 1. The maximum atomic E-state index is 6.37. The second-order valence-corrected chi connectivity index (χ2v) is 17.5. The number of benzene rings is 1. The highest BCUT2D eigenvalue weighted by atomic mass is 127. The zero-order valence-corrected chi connectivity index (χ0v) is 26.6. The van der Waals surface area contributed by atoms with Crippen molar-refractivity contribution in [2.24, 2.45) is 0 Å². The largest absolute Gasteiger partial charge is 0.416 e. The van der Waals surface area contributed by atoms with Crippen LogP contribution in [0.4, 0.5) is 5.82 Å². The summed E-state index contributed by atoms with van der Waals surface area (Å²) in [5.74, 6) is 0.988. The van der Waals surface area contributed by atoms with Crippen LogP contribution in [-0.4, -0.2) is 62.4 Å². The van der Waals surface area contributed by atoms with E-state index in [0.29, 0.717) is 13.2 Å². The maximum Gasteiger partial charge on any atom is 0.192 e. The second kappa shape index (κ2) is 11.7. The molecule has 9 heteroatoms. The first-order chi connectivity index (χ1) is 17.5. The maximum absolute atomic E-state index is 6.37. The molecule has 1 aliphatic rings. The fourth-order valence-electron chi connectivity index (χ4n) is 4.31. The van der Waals surface area contributed by atoms with Gasteiger partial charge in [-0.15, -0.1) is 5.10 Å². The first-order valence-corrected chi connectivity index (χ1v) is 17.3. The van der Waals surface area contributed by atoms with Gasteiger partial charge in [-0.05, 0) is 77.3 Å². The first-order valence-electron chi connectivity index (χ1n) is 13.3. The van der Waals surface area contributed by atoms with E-state index in [4.69, 9.17) is 19.2 Å². The summed E-state index contributed by atoms with van der Waals surface area (Å²) in [4.78, 5) is 7.40. The molecule has 0 radical (unpaired) electrons. The molecule has 2 aromatic heterocycles. The summed E-state index contributed by atoms with van der Waals surface area (Å²) < 4.78 is 15.1. The Kier molecular flexibility index (Phi) is 9.00. The fraction of sp³-hybridized carbons (Fsp3) is 0.571. The standard InChI is InChI=1S/C28H42IN5O2Si/c1-20-9-8-10-22(21(20)2)17-25-24(19-30-11-14-36-37(6,7)28(3,4)5)31-27-23(29)18-26(32-34(25)27)33-12-15-35-16-13-33/h8-10,18,30H,11-17,19H2,1-7H3. The molecule has 1 aromatic carbocycles. The Bertz CT molecular complexity index is 1230. The molecule has 1 fully saturated rings. The van der Waals surface area contributed by atoms with E-state index in [1.165, 1.54) is 16.7 Å². The van der Waals surface area contributed by atoms with Crippen LogP contribution >= 0.6 is 22.6 Å². The van der Waals surface area contributed by atoms with Gasteiger partial charge in [0.2, 0.25) is 0 Å². The number of anilines is 1. The molecule has 0 amide bonds. The van der Waals surface area contributed by atoms with Gasteiger partial charge in [-0.25, -0.2) is 9.50 Å². The minimum Gasteiger partial charge on any atom is -0.416 e. The molecule has 0 atom stereocenters. The van der Waals surface area contributed by atoms with Crippen LogP contribution in [0.3, 0.4) is 0 Å². The van der Waals surface area contributed by atoms with Crippen molar-refractivity contribution in [1.82, 2.24) is 19.9 Å². The number of nitrogens with one attached hydrogen (secondary N) is 1. The van der Waals surface area contributed by atoms with Crippen molar-refractivity contribution in [2.75, 3.05) is 44.4 Å². The zero-order valence-electron chi connectivity index (χ0n) is 23.4. The number of halogens is 1. The van der Waals surface area contributed by atoms with Gasteiger partial charge in [0.25, 0.3) is 0 Å². The van der Waals surface area contributed by atoms with E-state index in [0.717, 1.165) is 65.7 Å². The van der Waals surface area contributed by atoms with E-state index in [1.807, 2.05) is 0 Å². The predicted molar refractivity (Wildman–Crippen MR) is 162 cm³/mol. The van der Waals surface area contributed by atoms with Gasteiger partial charge < -0.3 is 19.4 Å². The Hall–Kier alpha value is -1.53. The van der Waals surface area contributed by atoms with Crippen LogP contribution in [0.25, 0.3) is 5.65 Å². The molecule has 1 saturated heterocycles. The molecule has 0 saturated carbocycles. The monoisotopic (exact) mass is 635 g/mol. The molecule has 0 bridgehead atoms. The Labute approximate surface area is 236 Å². The van der Waals surface area contributed by atoms with Crippen LogP contribution in [0.5, 0.6) is 0 Å². The third-order valence-corrected chi connectivity index (χ3v) is 13.3. The lowest BCUT2D eigenvalue weighted by Crippen LogP contribution is -2.42. The van der Waals surface area contributed by atoms with Crippen molar-refractivity contribution in [2.45, 2.75) is 65.7 Å². The van der Waals surface area contributed by atoms with E-state index >= 15 is 0 Å². The summed E-state index contributed by atoms with van der Waals surface area (Å²) >= 11 is 2.40. The molecule has 37 heavy (non-hydrogen) atoms. The van der Waals surface area contributed by atoms with Gasteiger partial charge in [0.05, 0.1) is 28.2 Å². The van der Waals surface area contributed by atoms with Gasteiger partial charge in [0, 0.05) is 39.2 Å². The summed E-state index contributed by atoms with van der Waals surface area (Å²) in [6.07, 6.45) is 0.793. The normalized spacial score (nSPS) is 15.1. The number of nitrogens with zero attached hydrogens (tertiary/aromatic N) is 4. The third-order valence-electron chi connectivity index (χ3n) is 7.95. The highest BCUT2D eigenvalue weighted by Gasteiger charge is 2.36. The van der Waals surface area contributed by atoms with E-state index < -0.39 is 8.32 Å². The van der Waals surface area contributed by atoms with Crippen LogP contribution in [0.2, 0.25) is 18.1 Å². The summed E-state index contributed by atoms with van der Waals surface area (Å²) in [5, 5.41) is 8.92. The van der Waals surface area contributed by atoms with Crippen LogP contribution in [0.15, 0.2) is 24.3 Å². The third kappa shape index (κ3) is 6.55. The van der Waals surface area contributed by atoms with Gasteiger partial charge in [0.15, 0.2) is 19.8 Å². The van der Waals surface area contributed by atoms with E-state index in [-0.39, 0.29) is 5.04 Å². The summed E-state index contributed by atoms with van der Waals surface area (Å²) in [6.45, 7) is 21.2. The van der Waals surface area contributed by atoms with Gasteiger partial charge in [-0.2, -0.15) is 0 Å². The molecule has 0 aliphatic carbocycles. The second-order valence-electron chi connectivity index (χ2n) is 11.5. The molecular weight excluding hydrogens is 593 g/mol. The Morgan fingerprint density at radius 2 is 1.89 bits per heavy atom. The molecule has 0 spiro atoms. The lowest BCUT2D eigenvalue weighted by Gasteiger charge is -2.36. The number of hydrogen-bond acceptors (Lipinski definition) is 6. The zero-order chi connectivity index (χ0) is 26.8. The average molecular weight is 636 g/mol. The molecule has 202 valence electrons.